The molecule has 0 radical (unpaired) electrons. The van der Waals surface area contributed by atoms with Gasteiger partial charge < -0.3 is 10.4 Å². The molecule has 0 amide bonds. The summed E-state index contributed by atoms with van der Waals surface area (Å²) in [7, 11) is 0. The summed E-state index contributed by atoms with van der Waals surface area (Å²) in [5.41, 5.74) is -0.597. The second-order valence-electron chi connectivity index (χ2n) is 3.45. The first-order valence-corrected chi connectivity index (χ1v) is 4.76. The monoisotopic (exact) mass is 241 g/mol. The molecule has 0 saturated heterocycles. The van der Waals surface area contributed by atoms with Gasteiger partial charge in [-0.2, -0.15) is 0 Å². The standard InChI is InChI=1S/C9H11N3O5/c1-6(13)5-10-8-3-2-7(11(14)15)4-9(8)12(16)17/h2-4,6,10,13H,5H2,1H3/t6-/m1/s1. The predicted octanol–water partition coefficient (Wildman–Crippen LogP) is 1.30. The van der Waals surface area contributed by atoms with Crippen LogP contribution in [-0.2, 0) is 0 Å². The summed E-state index contributed by atoms with van der Waals surface area (Å²) in [5, 5.41) is 32.9. The molecule has 17 heavy (non-hydrogen) atoms. The second kappa shape index (κ2) is 5.21. The quantitative estimate of drug-likeness (QED) is 0.592. The SMILES string of the molecule is C[C@@H](O)CNc1ccc([N+](=O)[O-])cc1[N+](=O)[O-]. The van der Waals surface area contributed by atoms with Crippen molar-refractivity contribution in [3.8, 4) is 0 Å². The number of nitro benzene ring substituents is 2. The average Bonchev–Trinajstić information content (AvgIpc) is 2.25. The van der Waals surface area contributed by atoms with E-state index < -0.39 is 16.0 Å². The van der Waals surface area contributed by atoms with E-state index in [1.807, 2.05) is 0 Å². The molecule has 1 rings (SSSR count). The van der Waals surface area contributed by atoms with Gasteiger partial charge in [0.05, 0.1) is 22.0 Å². The summed E-state index contributed by atoms with van der Waals surface area (Å²) in [6.07, 6.45) is -0.676. The van der Waals surface area contributed by atoms with Crippen LogP contribution < -0.4 is 5.32 Å². The molecule has 1 aromatic rings. The topological polar surface area (TPSA) is 119 Å². The Balaban J connectivity index is 3.04. The average molecular weight is 241 g/mol. The van der Waals surface area contributed by atoms with Gasteiger partial charge >= 0.3 is 0 Å². The van der Waals surface area contributed by atoms with E-state index in [-0.39, 0.29) is 23.6 Å². The molecule has 0 aromatic heterocycles. The van der Waals surface area contributed by atoms with E-state index in [1.165, 1.54) is 13.0 Å². The van der Waals surface area contributed by atoms with Crippen molar-refractivity contribution in [2.24, 2.45) is 0 Å². The second-order valence-corrected chi connectivity index (χ2v) is 3.45. The van der Waals surface area contributed by atoms with Gasteiger partial charge in [-0.1, -0.05) is 0 Å². The summed E-state index contributed by atoms with van der Waals surface area (Å²) in [6.45, 7) is 1.64. The summed E-state index contributed by atoms with van der Waals surface area (Å²) < 4.78 is 0. The minimum atomic E-state index is -0.711. The highest BCUT2D eigenvalue weighted by molar-refractivity contribution is 5.65. The van der Waals surface area contributed by atoms with Crippen LogP contribution in [0.4, 0.5) is 17.1 Å². The van der Waals surface area contributed by atoms with Crippen molar-refractivity contribution in [2.75, 3.05) is 11.9 Å². The van der Waals surface area contributed by atoms with Gasteiger partial charge in [0.1, 0.15) is 5.69 Å². The third kappa shape index (κ3) is 3.38. The Labute approximate surface area is 96.2 Å². The maximum atomic E-state index is 10.7. The van der Waals surface area contributed by atoms with Crippen molar-refractivity contribution in [1.82, 2.24) is 0 Å². The van der Waals surface area contributed by atoms with Gasteiger partial charge in [-0.3, -0.25) is 20.2 Å². The van der Waals surface area contributed by atoms with Crippen molar-refractivity contribution in [3.05, 3.63) is 38.4 Å². The van der Waals surface area contributed by atoms with Crippen LogP contribution in [0.15, 0.2) is 18.2 Å². The zero-order valence-corrected chi connectivity index (χ0v) is 8.99. The van der Waals surface area contributed by atoms with E-state index >= 15 is 0 Å². The Morgan fingerprint density at radius 1 is 1.35 bits per heavy atom. The molecule has 0 spiro atoms. The van der Waals surface area contributed by atoms with Gasteiger partial charge in [0.15, 0.2) is 0 Å². The number of non-ortho nitro benzene ring substituents is 1. The lowest BCUT2D eigenvalue weighted by molar-refractivity contribution is -0.393. The zero-order valence-electron chi connectivity index (χ0n) is 8.99. The molecule has 0 bridgehead atoms. The van der Waals surface area contributed by atoms with E-state index in [4.69, 9.17) is 5.11 Å². The summed E-state index contributed by atoms with van der Waals surface area (Å²) in [5.74, 6) is 0. The van der Waals surface area contributed by atoms with Crippen LogP contribution in [0, 0.1) is 20.2 Å². The Hall–Kier alpha value is -2.22. The Bertz CT molecular complexity index is 446. The molecule has 1 aromatic carbocycles. The number of anilines is 1. The molecule has 1 atom stereocenters. The molecule has 8 nitrogen and oxygen atoms in total. The van der Waals surface area contributed by atoms with E-state index in [0.717, 1.165) is 12.1 Å². The number of benzene rings is 1. The number of nitrogens with zero attached hydrogens (tertiary/aromatic N) is 2. The first-order chi connectivity index (χ1) is 7.91. The van der Waals surface area contributed by atoms with Crippen molar-refractivity contribution < 1.29 is 15.0 Å². The lowest BCUT2D eigenvalue weighted by Crippen LogP contribution is -2.16. The molecule has 8 heteroatoms. The molecule has 2 N–H and O–H groups in total. The lowest BCUT2D eigenvalue weighted by Gasteiger charge is -2.08. The van der Waals surface area contributed by atoms with Gasteiger partial charge in [0.25, 0.3) is 11.4 Å². The third-order valence-electron chi connectivity index (χ3n) is 1.98. The fourth-order valence-electron chi connectivity index (χ4n) is 1.19. The van der Waals surface area contributed by atoms with Crippen molar-refractivity contribution in [2.45, 2.75) is 13.0 Å². The van der Waals surface area contributed by atoms with Crippen molar-refractivity contribution in [3.63, 3.8) is 0 Å². The molecular weight excluding hydrogens is 230 g/mol. The molecule has 0 aliphatic rings. The maximum absolute atomic E-state index is 10.7. The normalized spacial score (nSPS) is 11.9. The molecule has 0 heterocycles. The summed E-state index contributed by atoms with van der Waals surface area (Å²) in [6, 6.07) is 3.29. The number of nitrogens with one attached hydrogen (secondary N) is 1. The number of aliphatic hydroxyl groups excluding tert-OH is 1. The van der Waals surface area contributed by atoms with E-state index in [2.05, 4.69) is 5.32 Å². The van der Waals surface area contributed by atoms with Crippen LogP contribution in [0.1, 0.15) is 6.92 Å². The minimum absolute atomic E-state index is 0.124. The molecule has 0 aliphatic carbocycles. The Kier molecular flexibility index (Phi) is 3.94. The van der Waals surface area contributed by atoms with Crippen LogP contribution in [-0.4, -0.2) is 27.6 Å². The highest BCUT2D eigenvalue weighted by Crippen LogP contribution is 2.28. The van der Waals surface area contributed by atoms with Gasteiger partial charge in [-0.15, -0.1) is 0 Å². The van der Waals surface area contributed by atoms with E-state index in [1.54, 1.807) is 0 Å². The number of hydrogen-bond donors (Lipinski definition) is 2. The Morgan fingerprint density at radius 2 is 2.00 bits per heavy atom. The Morgan fingerprint density at radius 3 is 2.47 bits per heavy atom. The van der Waals surface area contributed by atoms with Gasteiger partial charge in [0.2, 0.25) is 0 Å². The first kappa shape index (κ1) is 12.8. The van der Waals surface area contributed by atoms with E-state index in [9.17, 15) is 20.2 Å². The van der Waals surface area contributed by atoms with Crippen LogP contribution >= 0.6 is 0 Å². The van der Waals surface area contributed by atoms with Gasteiger partial charge in [0, 0.05) is 12.6 Å². The van der Waals surface area contributed by atoms with Crippen LogP contribution in [0.25, 0.3) is 0 Å². The third-order valence-corrected chi connectivity index (χ3v) is 1.98. The van der Waals surface area contributed by atoms with Crippen molar-refractivity contribution in [1.29, 1.82) is 0 Å². The number of hydrogen-bond acceptors (Lipinski definition) is 6. The van der Waals surface area contributed by atoms with Gasteiger partial charge in [-0.05, 0) is 13.0 Å². The first-order valence-electron chi connectivity index (χ1n) is 4.76. The number of nitro groups is 2. The maximum Gasteiger partial charge on any atom is 0.299 e. The largest absolute Gasteiger partial charge is 0.392 e. The minimum Gasteiger partial charge on any atom is -0.392 e. The predicted molar refractivity (Wildman–Crippen MR) is 59.9 cm³/mol. The molecule has 0 aliphatic heterocycles. The van der Waals surface area contributed by atoms with Crippen molar-refractivity contribution >= 4 is 17.1 Å². The fourth-order valence-corrected chi connectivity index (χ4v) is 1.19. The number of aliphatic hydroxyl groups is 1. The van der Waals surface area contributed by atoms with Crippen LogP contribution in [0.3, 0.4) is 0 Å². The highest BCUT2D eigenvalue weighted by atomic mass is 16.6. The lowest BCUT2D eigenvalue weighted by atomic mass is 10.2. The molecular formula is C9H11N3O5. The molecule has 0 saturated carbocycles. The molecule has 0 unspecified atom stereocenters. The van der Waals surface area contributed by atoms with Gasteiger partial charge in [-0.25, -0.2) is 0 Å². The van der Waals surface area contributed by atoms with Crippen LogP contribution in [0.2, 0.25) is 0 Å². The summed E-state index contributed by atoms with van der Waals surface area (Å²) >= 11 is 0. The number of rotatable bonds is 5. The molecule has 0 fully saturated rings. The smallest absolute Gasteiger partial charge is 0.299 e. The van der Waals surface area contributed by atoms with Crippen LogP contribution in [0.5, 0.6) is 0 Å². The highest BCUT2D eigenvalue weighted by Gasteiger charge is 2.19. The fraction of sp³-hybridized carbons (Fsp3) is 0.333. The summed E-state index contributed by atoms with van der Waals surface area (Å²) in [4.78, 5) is 19.8. The van der Waals surface area contributed by atoms with E-state index in [0.29, 0.717) is 0 Å². The zero-order chi connectivity index (χ0) is 13.0. The molecule has 92 valence electrons.